The van der Waals surface area contributed by atoms with Gasteiger partial charge in [0.2, 0.25) is 10.0 Å². The van der Waals surface area contributed by atoms with E-state index in [1.165, 1.54) is 14.2 Å². The molecule has 6 nitrogen and oxygen atoms in total. The molecule has 1 aliphatic heterocycles. The maximum Gasteiger partial charge on any atom is 0.243 e. The molecule has 2 rings (SSSR count). The summed E-state index contributed by atoms with van der Waals surface area (Å²) in [7, 11) is -1.25. The van der Waals surface area contributed by atoms with Crippen molar-refractivity contribution in [3.63, 3.8) is 0 Å². The van der Waals surface area contributed by atoms with Crippen LogP contribution >= 0.6 is 0 Å². The monoisotopic (exact) mass is 347 g/mol. The molecule has 0 aromatic heterocycles. The fourth-order valence-electron chi connectivity index (χ4n) is 2.62. The number of sulfonamides is 1. The van der Waals surface area contributed by atoms with Crippen LogP contribution in [0, 0.1) is 11.7 Å². The summed E-state index contributed by atoms with van der Waals surface area (Å²) in [5.74, 6) is -0.400. The lowest BCUT2D eigenvalue weighted by atomic mass is 9.97. The van der Waals surface area contributed by atoms with E-state index in [2.05, 4.69) is 4.72 Å². The highest BCUT2D eigenvalue weighted by atomic mass is 32.2. The van der Waals surface area contributed by atoms with Crippen molar-refractivity contribution in [2.24, 2.45) is 5.92 Å². The molecule has 1 aromatic carbocycles. The van der Waals surface area contributed by atoms with Crippen molar-refractivity contribution in [3.05, 3.63) is 17.9 Å². The zero-order valence-corrected chi connectivity index (χ0v) is 14.3. The molecule has 1 N–H and O–H groups in total. The van der Waals surface area contributed by atoms with Gasteiger partial charge in [-0.1, -0.05) is 0 Å². The van der Waals surface area contributed by atoms with Gasteiger partial charge in [-0.25, -0.2) is 17.5 Å². The number of hydrogen-bond acceptors (Lipinski definition) is 5. The van der Waals surface area contributed by atoms with Gasteiger partial charge in [-0.3, -0.25) is 0 Å². The van der Waals surface area contributed by atoms with E-state index >= 15 is 0 Å². The van der Waals surface area contributed by atoms with Gasteiger partial charge >= 0.3 is 0 Å². The summed E-state index contributed by atoms with van der Waals surface area (Å²) in [5.41, 5.74) is 0. The molecule has 0 unspecified atom stereocenters. The van der Waals surface area contributed by atoms with Crippen LogP contribution in [0.3, 0.4) is 0 Å². The molecule has 1 aliphatic rings. The van der Waals surface area contributed by atoms with Crippen LogP contribution in [-0.2, 0) is 14.8 Å². The summed E-state index contributed by atoms with van der Waals surface area (Å²) in [6.45, 7) is 2.82. The molecule has 2 atom stereocenters. The van der Waals surface area contributed by atoms with Crippen LogP contribution in [-0.4, -0.2) is 41.9 Å². The van der Waals surface area contributed by atoms with Crippen molar-refractivity contribution < 1.29 is 27.0 Å². The molecular weight excluding hydrogens is 325 g/mol. The molecule has 23 heavy (non-hydrogen) atoms. The van der Waals surface area contributed by atoms with Gasteiger partial charge in [0.05, 0.1) is 20.3 Å². The van der Waals surface area contributed by atoms with Crippen LogP contribution in [0.25, 0.3) is 0 Å². The van der Waals surface area contributed by atoms with Gasteiger partial charge in [-0.05, 0) is 25.7 Å². The smallest absolute Gasteiger partial charge is 0.243 e. The van der Waals surface area contributed by atoms with Gasteiger partial charge in [-0.15, -0.1) is 0 Å². The van der Waals surface area contributed by atoms with E-state index in [0.717, 1.165) is 25.0 Å². The molecule has 0 bridgehead atoms. The van der Waals surface area contributed by atoms with Crippen LogP contribution in [0.1, 0.15) is 19.8 Å². The third-order valence-corrected chi connectivity index (χ3v) is 5.32. The first kappa shape index (κ1) is 18.0. The lowest BCUT2D eigenvalue weighted by molar-refractivity contribution is 0.00397. The van der Waals surface area contributed by atoms with Gasteiger partial charge in [0.1, 0.15) is 10.7 Å². The van der Waals surface area contributed by atoms with Gasteiger partial charge in [-0.2, -0.15) is 0 Å². The molecule has 8 heteroatoms. The van der Waals surface area contributed by atoms with E-state index < -0.39 is 20.7 Å². The molecule has 0 saturated carbocycles. The van der Waals surface area contributed by atoms with E-state index in [1.807, 2.05) is 6.92 Å². The van der Waals surface area contributed by atoms with Crippen molar-refractivity contribution in [2.75, 3.05) is 27.4 Å². The average molecular weight is 347 g/mol. The van der Waals surface area contributed by atoms with Crippen molar-refractivity contribution in [1.82, 2.24) is 4.72 Å². The van der Waals surface area contributed by atoms with E-state index in [9.17, 15) is 12.8 Å². The molecule has 1 saturated heterocycles. The Labute approximate surface area is 136 Å². The summed E-state index contributed by atoms with van der Waals surface area (Å²) < 4.78 is 56.7. The minimum absolute atomic E-state index is 0.107. The largest absolute Gasteiger partial charge is 0.493 e. The summed E-state index contributed by atoms with van der Waals surface area (Å²) >= 11 is 0. The zero-order chi connectivity index (χ0) is 17.0. The van der Waals surface area contributed by atoms with Crippen molar-refractivity contribution >= 4 is 10.0 Å². The highest BCUT2D eigenvalue weighted by molar-refractivity contribution is 7.89. The summed E-state index contributed by atoms with van der Waals surface area (Å²) in [6, 6.07) is 2.13. The first-order valence-corrected chi connectivity index (χ1v) is 8.88. The average Bonchev–Trinajstić information content (AvgIpc) is 2.52. The predicted octanol–water partition coefficient (Wildman–Crippen LogP) is 1.94. The Balaban J connectivity index is 2.15. The summed E-state index contributed by atoms with van der Waals surface area (Å²) in [4.78, 5) is -0.449. The van der Waals surface area contributed by atoms with Crippen molar-refractivity contribution in [3.8, 4) is 11.5 Å². The second-order valence-electron chi connectivity index (χ2n) is 5.56. The van der Waals surface area contributed by atoms with Crippen LogP contribution in [0.5, 0.6) is 11.5 Å². The van der Waals surface area contributed by atoms with Gasteiger partial charge in [0.25, 0.3) is 0 Å². The van der Waals surface area contributed by atoms with Crippen LogP contribution in [0.2, 0.25) is 0 Å². The Kier molecular flexibility index (Phi) is 5.83. The molecule has 1 aromatic rings. The third kappa shape index (κ3) is 4.33. The number of hydrogen-bond donors (Lipinski definition) is 1. The van der Waals surface area contributed by atoms with Crippen molar-refractivity contribution in [1.29, 1.82) is 0 Å². The Bertz CT molecular complexity index is 650. The molecule has 0 radical (unpaired) electrons. The predicted molar refractivity (Wildman–Crippen MR) is 82.8 cm³/mol. The molecular formula is C15H22FNO5S. The SMILES string of the molecule is COc1cc(F)c(S(=O)(=O)NC[C@H]2CCO[C@H](C)C2)cc1OC. The number of halogens is 1. The van der Waals surface area contributed by atoms with E-state index in [0.29, 0.717) is 6.61 Å². The summed E-state index contributed by atoms with van der Waals surface area (Å²) in [6.07, 6.45) is 1.66. The maximum absolute atomic E-state index is 14.1. The lowest BCUT2D eigenvalue weighted by Crippen LogP contribution is -2.34. The second-order valence-corrected chi connectivity index (χ2v) is 7.30. The van der Waals surface area contributed by atoms with E-state index in [1.54, 1.807) is 0 Å². The first-order valence-electron chi connectivity index (χ1n) is 7.40. The summed E-state index contributed by atoms with van der Waals surface area (Å²) in [5, 5.41) is 0. The molecule has 0 aliphatic carbocycles. The first-order chi connectivity index (χ1) is 10.9. The Morgan fingerprint density at radius 1 is 1.30 bits per heavy atom. The molecule has 0 spiro atoms. The van der Waals surface area contributed by atoms with Gasteiger partial charge in [0.15, 0.2) is 11.5 Å². The quantitative estimate of drug-likeness (QED) is 0.851. The highest BCUT2D eigenvalue weighted by Gasteiger charge is 2.25. The lowest BCUT2D eigenvalue weighted by Gasteiger charge is -2.27. The fourth-order valence-corrected chi connectivity index (χ4v) is 3.81. The topological polar surface area (TPSA) is 73.9 Å². The Morgan fingerprint density at radius 2 is 1.96 bits per heavy atom. The molecule has 1 heterocycles. The normalized spacial score (nSPS) is 21.9. The number of rotatable bonds is 6. The molecule has 130 valence electrons. The van der Waals surface area contributed by atoms with E-state index in [-0.39, 0.29) is 30.1 Å². The zero-order valence-electron chi connectivity index (χ0n) is 13.5. The van der Waals surface area contributed by atoms with Crippen LogP contribution in [0.15, 0.2) is 17.0 Å². The van der Waals surface area contributed by atoms with Gasteiger partial charge in [0, 0.05) is 25.3 Å². The van der Waals surface area contributed by atoms with Crippen LogP contribution in [0.4, 0.5) is 4.39 Å². The standard InChI is InChI=1S/C15H22FNO5S/c1-10-6-11(4-5-22-10)9-17-23(18,19)15-8-14(21-3)13(20-2)7-12(15)16/h7-8,10-11,17H,4-6,9H2,1-3H3/t10-,11+/m1/s1. The van der Waals surface area contributed by atoms with Crippen molar-refractivity contribution in [2.45, 2.75) is 30.8 Å². The minimum Gasteiger partial charge on any atom is -0.493 e. The number of benzene rings is 1. The number of ether oxygens (including phenoxy) is 3. The number of methoxy groups -OCH3 is 2. The van der Waals surface area contributed by atoms with E-state index in [4.69, 9.17) is 14.2 Å². The van der Waals surface area contributed by atoms with Crippen LogP contribution < -0.4 is 14.2 Å². The Morgan fingerprint density at radius 3 is 2.57 bits per heavy atom. The highest BCUT2D eigenvalue weighted by Crippen LogP contribution is 2.32. The third-order valence-electron chi connectivity index (χ3n) is 3.88. The minimum atomic E-state index is -3.97. The van der Waals surface area contributed by atoms with Gasteiger partial charge < -0.3 is 14.2 Å². The fraction of sp³-hybridized carbons (Fsp3) is 0.600. The Hall–Kier alpha value is -1.38. The molecule has 0 amide bonds. The number of nitrogens with one attached hydrogen (secondary N) is 1. The maximum atomic E-state index is 14.1. The molecule has 1 fully saturated rings. The second kappa shape index (κ2) is 7.46.